The second-order valence-electron chi connectivity index (χ2n) is 9.85. The van der Waals surface area contributed by atoms with Crippen molar-refractivity contribution in [2.45, 2.75) is 45.9 Å². The van der Waals surface area contributed by atoms with E-state index in [0.29, 0.717) is 24.5 Å². The number of ether oxygens (including phenoxy) is 2. The lowest BCUT2D eigenvalue weighted by molar-refractivity contribution is 0.0467. The number of hydrogen-bond acceptors (Lipinski definition) is 4. The number of carbonyl (C=O) groups is 1. The maximum atomic E-state index is 12.9. The van der Waals surface area contributed by atoms with E-state index < -0.39 is 5.97 Å². The first-order chi connectivity index (χ1) is 17.4. The Hall–Kier alpha value is -4.05. The average Bonchev–Trinajstić information content (AvgIpc) is 2.90. The monoisotopic (exact) mass is 479 g/mol. The van der Waals surface area contributed by atoms with Gasteiger partial charge < -0.3 is 14.8 Å². The van der Waals surface area contributed by atoms with Crippen molar-refractivity contribution >= 4 is 11.7 Å². The number of rotatable bonds is 9. The molecule has 0 heterocycles. The Labute approximate surface area is 213 Å². The molecule has 0 aromatic heterocycles. The van der Waals surface area contributed by atoms with Gasteiger partial charge in [0.05, 0.1) is 0 Å². The van der Waals surface area contributed by atoms with E-state index in [1.807, 2.05) is 72.8 Å². The van der Waals surface area contributed by atoms with Crippen LogP contribution in [0.4, 0.5) is 5.69 Å². The smallest absolute Gasteiger partial charge is 0.342 e. The first-order valence-electron chi connectivity index (χ1n) is 12.2. The molecule has 4 aromatic carbocycles. The number of anilines is 1. The molecular formula is C32H33NO3. The molecule has 0 fully saturated rings. The van der Waals surface area contributed by atoms with Gasteiger partial charge in [0, 0.05) is 18.3 Å². The third kappa shape index (κ3) is 6.98. The molecule has 0 aliphatic carbocycles. The molecule has 0 atom stereocenters. The number of hydrogen-bond donors (Lipinski definition) is 1. The highest BCUT2D eigenvalue weighted by atomic mass is 16.5. The molecule has 0 saturated heterocycles. The summed E-state index contributed by atoms with van der Waals surface area (Å²) in [6, 6.07) is 33.7. The van der Waals surface area contributed by atoms with Crippen molar-refractivity contribution in [2.24, 2.45) is 0 Å². The SMILES string of the molecule is CC(C)(C)c1ccc(CNc2ccc(C(=O)OCc3ccccc3)c(OCc3ccccc3)c2)cc1. The molecule has 4 aromatic rings. The van der Waals surface area contributed by atoms with Gasteiger partial charge in [-0.3, -0.25) is 0 Å². The summed E-state index contributed by atoms with van der Waals surface area (Å²) in [5.74, 6) is 0.0798. The number of esters is 1. The lowest BCUT2D eigenvalue weighted by Crippen LogP contribution is -2.11. The number of carbonyl (C=O) groups excluding carboxylic acids is 1. The van der Waals surface area contributed by atoms with Crippen LogP contribution in [-0.2, 0) is 29.9 Å². The van der Waals surface area contributed by atoms with Crippen molar-refractivity contribution in [1.82, 2.24) is 0 Å². The minimum Gasteiger partial charge on any atom is -0.488 e. The summed E-state index contributed by atoms with van der Waals surface area (Å²) < 4.78 is 11.7. The summed E-state index contributed by atoms with van der Waals surface area (Å²) >= 11 is 0. The van der Waals surface area contributed by atoms with Gasteiger partial charge in [-0.05, 0) is 39.8 Å². The van der Waals surface area contributed by atoms with Crippen LogP contribution in [0.5, 0.6) is 5.75 Å². The fourth-order valence-corrected chi connectivity index (χ4v) is 3.78. The Morgan fingerprint density at radius 3 is 1.94 bits per heavy atom. The molecular weight excluding hydrogens is 446 g/mol. The Kier molecular flexibility index (Phi) is 8.06. The van der Waals surface area contributed by atoms with Gasteiger partial charge >= 0.3 is 5.97 Å². The Balaban J connectivity index is 1.48. The molecule has 0 unspecified atom stereocenters. The van der Waals surface area contributed by atoms with E-state index in [1.54, 1.807) is 6.07 Å². The van der Waals surface area contributed by atoms with Crippen LogP contribution in [0.3, 0.4) is 0 Å². The second-order valence-corrected chi connectivity index (χ2v) is 9.85. The summed E-state index contributed by atoms with van der Waals surface area (Å²) in [6.45, 7) is 7.87. The van der Waals surface area contributed by atoms with Crippen molar-refractivity contribution in [1.29, 1.82) is 0 Å². The van der Waals surface area contributed by atoms with Crippen molar-refractivity contribution in [3.05, 3.63) is 131 Å². The first-order valence-corrected chi connectivity index (χ1v) is 12.2. The zero-order valence-electron chi connectivity index (χ0n) is 21.2. The van der Waals surface area contributed by atoms with Gasteiger partial charge in [0.15, 0.2) is 0 Å². The molecule has 4 nitrogen and oxygen atoms in total. The van der Waals surface area contributed by atoms with Crippen molar-refractivity contribution in [3.63, 3.8) is 0 Å². The first kappa shape index (κ1) is 25.1. The largest absolute Gasteiger partial charge is 0.488 e. The molecule has 184 valence electrons. The van der Waals surface area contributed by atoms with Crippen LogP contribution in [0.2, 0.25) is 0 Å². The van der Waals surface area contributed by atoms with Crippen molar-refractivity contribution < 1.29 is 14.3 Å². The summed E-state index contributed by atoms with van der Waals surface area (Å²) in [6.07, 6.45) is 0. The Bertz CT molecular complexity index is 1260. The molecule has 0 aliphatic rings. The van der Waals surface area contributed by atoms with E-state index in [4.69, 9.17) is 9.47 Å². The molecule has 0 amide bonds. The van der Waals surface area contributed by atoms with Crippen LogP contribution in [0.15, 0.2) is 103 Å². The predicted molar refractivity (Wildman–Crippen MR) is 145 cm³/mol. The van der Waals surface area contributed by atoms with Gasteiger partial charge in [-0.15, -0.1) is 0 Å². The van der Waals surface area contributed by atoms with Crippen molar-refractivity contribution in [2.75, 3.05) is 5.32 Å². The summed E-state index contributed by atoms with van der Waals surface area (Å²) in [4.78, 5) is 12.9. The normalized spacial score (nSPS) is 11.1. The zero-order valence-corrected chi connectivity index (χ0v) is 21.2. The average molecular weight is 480 g/mol. The molecule has 1 N–H and O–H groups in total. The van der Waals surface area contributed by atoms with Gasteiger partial charge in [-0.25, -0.2) is 4.79 Å². The molecule has 0 bridgehead atoms. The summed E-state index contributed by atoms with van der Waals surface area (Å²) in [5, 5.41) is 3.45. The van der Waals surface area contributed by atoms with E-state index in [9.17, 15) is 4.79 Å². The second kappa shape index (κ2) is 11.6. The van der Waals surface area contributed by atoms with Gasteiger partial charge in [0.2, 0.25) is 0 Å². The highest BCUT2D eigenvalue weighted by molar-refractivity contribution is 5.93. The predicted octanol–water partition coefficient (Wildman–Crippen LogP) is 7.53. The van der Waals surface area contributed by atoms with Crippen LogP contribution in [-0.4, -0.2) is 5.97 Å². The van der Waals surface area contributed by atoms with Crippen molar-refractivity contribution in [3.8, 4) is 5.75 Å². The minimum absolute atomic E-state index is 0.127. The third-order valence-corrected chi connectivity index (χ3v) is 5.97. The fourth-order valence-electron chi connectivity index (χ4n) is 3.78. The fraction of sp³-hybridized carbons (Fsp3) is 0.219. The van der Waals surface area contributed by atoms with E-state index in [2.05, 4.69) is 50.4 Å². The third-order valence-electron chi connectivity index (χ3n) is 5.97. The molecule has 4 heteroatoms. The quantitative estimate of drug-likeness (QED) is 0.252. The zero-order chi connectivity index (χ0) is 25.4. The number of nitrogens with one attached hydrogen (secondary N) is 1. The topological polar surface area (TPSA) is 47.6 Å². The molecule has 36 heavy (non-hydrogen) atoms. The van der Waals surface area contributed by atoms with Crippen LogP contribution in [0, 0.1) is 0 Å². The standard InChI is InChI=1S/C32H33NO3/c1-32(2,3)27-16-14-24(15-17-27)21-33-28-18-19-29(31(34)36-23-26-12-8-5-9-13-26)30(20-28)35-22-25-10-6-4-7-11-25/h4-20,33H,21-23H2,1-3H3. The van der Waals surface area contributed by atoms with Crippen LogP contribution in [0.25, 0.3) is 0 Å². The summed E-state index contributed by atoms with van der Waals surface area (Å²) in [7, 11) is 0. The van der Waals surface area contributed by atoms with Gasteiger partial charge in [0.25, 0.3) is 0 Å². The van der Waals surface area contributed by atoms with E-state index in [1.165, 1.54) is 11.1 Å². The maximum Gasteiger partial charge on any atom is 0.342 e. The van der Waals surface area contributed by atoms with Crippen LogP contribution in [0.1, 0.15) is 53.4 Å². The number of benzene rings is 4. The lowest BCUT2D eigenvalue weighted by atomic mass is 9.87. The highest BCUT2D eigenvalue weighted by Gasteiger charge is 2.16. The minimum atomic E-state index is -0.411. The van der Waals surface area contributed by atoms with Gasteiger partial charge in [-0.1, -0.05) is 106 Å². The highest BCUT2D eigenvalue weighted by Crippen LogP contribution is 2.27. The molecule has 4 rings (SSSR count). The maximum absolute atomic E-state index is 12.9. The van der Waals surface area contributed by atoms with Crippen LogP contribution >= 0.6 is 0 Å². The summed E-state index contributed by atoms with van der Waals surface area (Å²) in [5.41, 5.74) is 5.86. The molecule has 0 radical (unpaired) electrons. The lowest BCUT2D eigenvalue weighted by Gasteiger charge is -2.19. The molecule has 0 spiro atoms. The van der Waals surface area contributed by atoms with E-state index in [0.717, 1.165) is 16.8 Å². The van der Waals surface area contributed by atoms with E-state index in [-0.39, 0.29) is 12.0 Å². The molecule has 0 aliphatic heterocycles. The van der Waals surface area contributed by atoms with Crippen LogP contribution < -0.4 is 10.1 Å². The van der Waals surface area contributed by atoms with Gasteiger partial charge in [0.1, 0.15) is 24.5 Å². The molecule has 0 saturated carbocycles. The Morgan fingerprint density at radius 2 is 1.33 bits per heavy atom. The van der Waals surface area contributed by atoms with E-state index >= 15 is 0 Å². The Morgan fingerprint density at radius 1 is 0.722 bits per heavy atom. The van der Waals surface area contributed by atoms with Gasteiger partial charge in [-0.2, -0.15) is 0 Å².